The van der Waals surface area contributed by atoms with Crippen LogP contribution in [0.15, 0.2) is 60.8 Å². The van der Waals surface area contributed by atoms with Gasteiger partial charge in [0.15, 0.2) is 0 Å². The number of halogens is 1. The lowest BCUT2D eigenvalue weighted by Crippen LogP contribution is -2.31. The number of hydrogen-bond acceptors (Lipinski definition) is 4. The lowest BCUT2D eigenvalue weighted by molar-refractivity contribution is 0.0983. The summed E-state index contributed by atoms with van der Waals surface area (Å²) in [4.78, 5) is 23.2. The molecule has 5 nitrogen and oxygen atoms in total. The van der Waals surface area contributed by atoms with Crippen molar-refractivity contribution in [3.05, 3.63) is 77.1 Å². The summed E-state index contributed by atoms with van der Waals surface area (Å²) in [7, 11) is 0. The zero-order valence-corrected chi connectivity index (χ0v) is 15.4. The molecule has 1 amide bonds. The van der Waals surface area contributed by atoms with Gasteiger partial charge >= 0.3 is 0 Å². The lowest BCUT2D eigenvalue weighted by atomic mass is 10.2. The summed E-state index contributed by atoms with van der Waals surface area (Å²) < 4.78 is 0. The highest BCUT2D eigenvalue weighted by Crippen LogP contribution is 2.20. The number of nitrogens with one attached hydrogen (secondary N) is 1. The Labute approximate surface area is 157 Å². The lowest BCUT2D eigenvalue weighted by Gasteiger charge is -2.21. The van der Waals surface area contributed by atoms with Crippen LogP contribution in [0, 0.1) is 6.92 Å². The van der Waals surface area contributed by atoms with Crippen molar-refractivity contribution < 1.29 is 4.79 Å². The van der Waals surface area contributed by atoms with E-state index in [1.165, 1.54) is 0 Å². The summed E-state index contributed by atoms with van der Waals surface area (Å²) in [6.07, 6.45) is 1.57. The van der Waals surface area contributed by atoms with Crippen LogP contribution < -0.4 is 10.2 Å². The van der Waals surface area contributed by atoms with Gasteiger partial charge in [0.05, 0.1) is 0 Å². The van der Waals surface area contributed by atoms with Gasteiger partial charge in [-0.25, -0.2) is 9.97 Å². The van der Waals surface area contributed by atoms with Crippen LogP contribution in [0.1, 0.15) is 23.0 Å². The fourth-order valence-electron chi connectivity index (χ4n) is 2.58. The first-order valence-electron chi connectivity index (χ1n) is 8.31. The SMILES string of the molecule is CCN(C(=O)c1ccnc(Nc2ccc(Cl)cc2)n1)c1cccc(C)c1. The first-order chi connectivity index (χ1) is 12.6. The second-order valence-electron chi connectivity index (χ2n) is 5.79. The van der Waals surface area contributed by atoms with E-state index >= 15 is 0 Å². The molecule has 0 radical (unpaired) electrons. The number of benzene rings is 2. The van der Waals surface area contributed by atoms with Crippen LogP contribution in [0.3, 0.4) is 0 Å². The average Bonchev–Trinajstić information content (AvgIpc) is 2.64. The Morgan fingerprint density at radius 1 is 1.15 bits per heavy atom. The Bertz CT molecular complexity index is 912. The second-order valence-corrected chi connectivity index (χ2v) is 6.22. The van der Waals surface area contributed by atoms with Crippen LogP contribution in [0.25, 0.3) is 0 Å². The van der Waals surface area contributed by atoms with E-state index in [0.717, 1.165) is 16.9 Å². The zero-order valence-electron chi connectivity index (χ0n) is 14.6. The van der Waals surface area contributed by atoms with Crippen molar-refractivity contribution in [1.82, 2.24) is 9.97 Å². The van der Waals surface area contributed by atoms with Crippen LogP contribution in [0.5, 0.6) is 0 Å². The fourth-order valence-corrected chi connectivity index (χ4v) is 2.70. The van der Waals surface area contributed by atoms with Gasteiger partial charge in [0.2, 0.25) is 5.95 Å². The Balaban J connectivity index is 1.84. The van der Waals surface area contributed by atoms with Crippen LogP contribution in [-0.4, -0.2) is 22.4 Å². The third kappa shape index (κ3) is 4.18. The summed E-state index contributed by atoms with van der Waals surface area (Å²) >= 11 is 5.89. The molecule has 26 heavy (non-hydrogen) atoms. The molecule has 6 heteroatoms. The second kappa shape index (κ2) is 7.97. The van der Waals surface area contributed by atoms with Gasteiger partial charge in [-0.05, 0) is 61.9 Å². The molecule has 0 aliphatic heterocycles. The Morgan fingerprint density at radius 3 is 2.62 bits per heavy atom. The van der Waals surface area contributed by atoms with E-state index in [1.807, 2.05) is 50.2 Å². The molecule has 132 valence electrons. The van der Waals surface area contributed by atoms with E-state index in [4.69, 9.17) is 11.6 Å². The molecule has 1 aromatic heterocycles. The highest BCUT2D eigenvalue weighted by atomic mass is 35.5. The number of amides is 1. The largest absolute Gasteiger partial charge is 0.324 e. The number of carbonyl (C=O) groups is 1. The Hall–Kier alpha value is -2.92. The van der Waals surface area contributed by atoms with E-state index in [9.17, 15) is 4.79 Å². The number of anilines is 3. The highest BCUT2D eigenvalue weighted by Gasteiger charge is 2.18. The van der Waals surface area contributed by atoms with Gasteiger partial charge in [0, 0.05) is 29.1 Å². The fraction of sp³-hybridized carbons (Fsp3) is 0.150. The van der Waals surface area contributed by atoms with E-state index in [1.54, 1.807) is 29.3 Å². The molecule has 0 atom stereocenters. The van der Waals surface area contributed by atoms with Crippen LogP contribution in [-0.2, 0) is 0 Å². The van der Waals surface area contributed by atoms with E-state index < -0.39 is 0 Å². The molecule has 2 aromatic carbocycles. The van der Waals surface area contributed by atoms with Crippen LogP contribution in [0.4, 0.5) is 17.3 Å². The molecule has 0 aliphatic carbocycles. The number of nitrogens with zero attached hydrogens (tertiary/aromatic N) is 3. The van der Waals surface area contributed by atoms with Crippen molar-refractivity contribution in [3.8, 4) is 0 Å². The highest BCUT2D eigenvalue weighted by molar-refractivity contribution is 6.30. The molecule has 0 fully saturated rings. The van der Waals surface area contributed by atoms with Crippen molar-refractivity contribution in [2.24, 2.45) is 0 Å². The number of rotatable bonds is 5. The van der Waals surface area contributed by atoms with Crippen molar-refractivity contribution in [2.75, 3.05) is 16.8 Å². The normalized spacial score (nSPS) is 10.4. The quantitative estimate of drug-likeness (QED) is 0.701. The van der Waals surface area contributed by atoms with Crippen molar-refractivity contribution in [1.29, 1.82) is 0 Å². The molecule has 1 N–H and O–H groups in total. The zero-order chi connectivity index (χ0) is 18.5. The third-order valence-corrected chi connectivity index (χ3v) is 4.10. The molecule has 0 saturated heterocycles. The maximum Gasteiger partial charge on any atom is 0.277 e. The number of hydrogen-bond donors (Lipinski definition) is 1. The summed E-state index contributed by atoms with van der Waals surface area (Å²) in [6.45, 7) is 4.49. The molecule has 1 heterocycles. The summed E-state index contributed by atoms with van der Waals surface area (Å²) in [5, 5.41) is 3.73. The number of aromatic nitrogens is 2. The average molecular weight is 367 g/mol. The maximum atomic E-state index is 12.9. The predicted molar refractivity (Wildman–Crippen MR) is 105 cm³/mol. The first-order valence-corrected chi connectivity index (χ1v) is 8.69. The molecular formula is C20H19ClN4O. The van der Waals surface area contributed by atoms with Gasteiger partial charge in [-0.3, -0.25) is 4.79 Å². The predicted octanol–water partition coefficient (Wildman–Crippen LogP) is 4.85. The summed E-state index contributed by atoms with van der Waals surface area (Å²) in [5.41, 5.74) is 3.08. The van der Waals surface area contributed by atoms with Crippen molar-refractivity contribution >= 4 is 34.8 Å². The molecule has 0 saturated carbocycles. The minimum Gasteiger partial charge on any atom is -0.324 e. The van der Waals surface area contributed by atoms with E-state index in [0.29, 0.717) is 23.2 Å². The van der Waals surface area contributed by atoms with Crippen molar-refractivity contribution in [2.45, 2.75) is 13.8 Å². The summed E-state index contributed by atoms with van der Waals surface area (Å²) in [5.74, 6) is 0.193. The molecule has 0 bridgehead atoms. The van der Waals surface area contributed by atoms with Gasteiger partial charge in [-0.1, -0.05) is 23.7 Å². The number of aryl methyl sites for hydroxylation is 1. The van der Waals surface area contributed by atoms with Crippen LogP contribution in [0.2, 0.25) is 5.02 Å². The summed E-state index contributed by atoms with van der Waals surface area (Å²) in [6, 6.07) is 16.7. The maximum absolute atomic E-state index is 12.9. The Morgan fingerprint density at radius 2 is 1.92 bits per heavy atom. The topological polar surface area (TPSA) is 58.1 Å². The monoisotopic (exact) mass is 366 g/mol. The Kier molecular flexibility index (Phi) is 5.49. The molecule has 0 aliphatic rings. The van der Waals surface area contributed by atoms with E-state index in [-0.39, 0.29) is 5.91 Å². The molecule has 3 aromatic rings. The van der Waals surface area contributed by atoms with E-state index in [2.05, 4.69) is 15.3 Å². The molecule has 3 rings (SSSR count). The van der Waals surface area contributed by atoms with Gasteiger partial charge in [-0.2, -0.15) is 0 Å². The molecular weight excluding hydrogens is 348 g/mol. The minimum atomic E-state index is -0.167. The first kappa shape index (κ1) is 17.9. The van der Waals surface area contributed by atoms with Crippen LogP contribution >= 0.6 is 11.6 Å². The molecule has 0 unspecified atom stereocenters. The smallest absolute Gasteiger partial charge is 0.277 e. The van der Waals surface area contributed by atoms with Gasteiger partial charge in [0.1, 0.15) is 5.69 Å². The molecule has 0 spiro atoms. The standard InChI is InChI=1S/C20H19ClN4O/c1-3-25(17-6-4-5-14(2)13-17)19(26)18-11-12-22-20(24-18)23-16-9-7-15(21)8-10-16/h4-13H,3H2,1-2H3,(H,22,23,24). The van der Waals surface area contributed by atoms with Gasteiger partial charge in [0.25, 0.3) is 5.91 Å². The number of carbonyl (C=O) groups excluding carboxylic acids is 1. The van der Waals surface area contributed by atoms with Crippen molar-refractivity contribution in [3.63, 3.8) is 0 Å². The minimum absolute atomic E-state index is 0.167. The van der Waals surface area contributed by atoms with Gasteiger partial charge < -0.3 is 10.2 Å². The van der Waals surface area contributed by atoms with Gasteiger partial charge in [-0.15, -0.1) is 0 Å². The third-order valence-electron chi connectivity index (χ3n) is 3.85.